The Morgan fingerprint density at radius 3 is 2.64 bits per heavy atom. The minimum atomic E-state index is -0.238. The van der Waals surface area contributed by atoms with Crippen molar-refractivity contribution in [1.29, 1.82) is 0 Å². The molecule has 0 N–H and O–H groups in total. The van der Waals surface area contributed by atoms with E-state index >= 15 is 0 Å². The van der Waals surface area contributed by atoms with Gasteiger partial charge in [-0.1, -0.05) is 73.4 Å². The molecule has 7 nitrogen and oxygen atoms in total. The first kappa shape index (κ1) is 29.4. The number of rotatable bonds is 6. The summed E-state index contributed by atoms with van der Waals surface area (Å²) in [5.41, 5.74) is 5.24. The predicted molar refractivity (Wildman–Crippen MR) is 182 cm³/mol. The van der Waals surface area contributed by atoms with Gasteiger partial charge in [0.1, 0.15) is 23.8 Å². The minimum Gasteiger partial charge on any atom is -0.487 e. The molecule has 6 rings (SSSR count). The average Bonchev–Trinajstić information content (AvgIpc) is 3.33. The molecule has 0 spiro atoms. The van der Waals surface area contributed by atoms with Crippen LogP contribution in [0.1, 0.15) is 23.8 Å². The molecule has 0 saturated heterocycles. The molecule has 1 aliphatic carbocycles. The Hall–Kier alpha value is -5.69. The molecular formula is C38H34N4O3. The van der Waals surface area contributed by atoms with Crippen LogP contribution in [0.15, 0.2) is 156 Å². The van der Waals surface area contributed by atoms with Gasteiger partial charge in [0.15, 0.2) is 5.75 Å². The number of nitrogens with zero attached hydrogens (tertiary/aromatic N) is 4. The van der Waals surface area contributed by atoms with Crippen LogP contribution in [0.5, 0.6) is 11.5 Å². The molecule has 3 aliphatic rings. The molecule has 2 aliphatic heterocycles. The number of para-hydroxylation sites is 4. The zero-order chi connectivity index (χ0) is 31.0. The zero-order valence-electron chi connectivity index (χ0n) is 25.2. The maximum atomic E-state index is 13.5. The number of hydrogen-bond donors (Lipinski definition) is 0. The molecule has 224 valence electrons. The van der Waals surface area contributed by atoms with Crippen molar-refractivity contribution >= 4 is 28.6 Å². The second-order valence-corrected chi connectivity index (χ2v) is 10.6. The fourth-order valence-corrected chi connectivity index (χ4v) is 5.23. The van der Waals surface area contributed by atoms with Crippen LogP contribution in [0.2, 0.25) is 0 Å². The number of aromatic nitrogens is 1. The number of hydrogen-bond acceptors (Lipinski definition) is 7. The maximum Gasteiger partial charge on any atom is 0.225 e. The molecule has 3 heterocycles. The van der Waals surface area contributed by atoms with Crippen molar-refractivity contribution in [3.8, 4) is 11.5 Å². The van der Waals surface area contributed by atoms with E-state index in [4.69, 9.17) is 9.47 Å². The summed E-state index contributed by atoms with van der Waals surface area (Å²) in [4.78, 5) is 26.6. The Labute approximate surface area is 263 Å². The van der Waals surface area contributed by atoms with Gasteiger partial charge in [0.05, 0.1) is 22.8 Å². The third-order valence-corrected chi connectivity index (χ3v) is 7.48. The number of carbonyl (C=O) groups is 1. The number of aliphatic imine (C=N–C) groups is 1. The molecule has 3 aromatic rings. The van der Waals surface area contributed by atoms with E-state index in [9.17, 15) is 4.79 Å². The Balaban J connectivity index is 1.21. The Bertz CT molecular complexity index is 1830. The van der Waals surface area contributed by atoms with Crippen LogP contribution in [-0.4, -0.2) is 36.2 Å². The molecule has 0 fully saturated rings. The smallest absolute Gasteiger partial charge is 0.225 e. The fraction of sp³-hybridized carbons (Fsp3) is 0.132. The van der Waals surface area contributed by atoms with Gasteiger partial charge in [0.2, 0.25) is 5.78 Å². The summed E-state index contributed by atoms with van der Waals surface area (Å²) >= 11 is 0. The van der Waals surface area contributed by atoms with Crippen LogP contribution >= 0.6 is 0 Å². The van der Waals surface area contributed by atoms with Gasteiger partial charge in [-0.3, -0.25) is 14.8 Å². The third-order valence-electron chi connectivity index (χ3n) is 7.48. The number of benzene rings is 2. The summed E-state index contributed by atoms with van der Waals surface area (Å²) < 4.78 is 12.3. The van der Waals surface area contributed by atoms with Crippen LogP contribution in [0.3, 0.4) is 0 Å². The summed E-state index contributed by atoms with van der Waals surface area (Å²) in [6.45, 7) is 7.28. The lowest BCUT2D eigenvalue weighted by Gasteiger charge is -2.32. The first-order valence-electron chi connectivity index (χ1n) is 14.9. The molecule has 1 aromatic heterocycles. The molecule has 0 bridgehead atoms. The van der Waals surface area contributed by atoms with Crippen molar-refractivity contribution in [3.63, 3.8) is 0 Å². The number of Topliss-reactive ketones (excluding diaryl/α,β-unsaturated/α-hetero) is 1. The van der Waals surface area contributed by atoms with Crippen LogP contribution in [-0.2, 0) is 0 Å². The van der Waals surface area contributed by atoms with Crippen molar-refractivity contribution in [3.05, 3.63) is 157 Å². The van der Waals surface area contributed by atoms with E-state index in [-0.39, 0.29) is 5.78 Å². The molecule has 0 unspecified atom stereocenters. The largest absolute Gasteiger partial charge is 0.487 e. The molecule has 0 saturated carbocycles. The molecule has 0 atom stereocenters. The first-order valence-corrected chi connectivity index (χ1v) is 14.9. The SMILES string of the molecule is C=C1/C=C\C=C/CN(c2ccnc(C(=O)/C(C)=N/C=C\CN3C4=C(CC=CC=C4)Oc4ccccc43)c2)c2ccccc2OC1. The van der Waals surface area contributed by atoms with E-state index in [0.29, 0.717) is 37.5 Å². The van der Waals surface area contributed by atoms with Gasteiger partial charge in [-0.2, -0.15) is 0 Å². The number of pyridine rings is 1. The maximum absolute atomic E-state index is 13.5. The van der Waals surface area contributed by atoms with Gasteiger partial charge in [-0.25, -0.2) is 0 Å². The fourth-order valence-electron chi connectivity index (χ4n) is 5.23. The topological polar surface area (TPSA) is 67.3 Å². The average molecular weight is 595 g/mol. The van der Waals surface area contributed by atoms with E-state index in [1.807, 2.05) is 91.1 Å². The molecule has 45 heavy (non-hydrogen) atoms. The summed E-state index contributed by atoms with van der Waals surface area (Å²) in [6, 6.07) is 19.5. The van der Waals surface area contributed by atoms with Crippen molar-refractivity contribution < 1.29 is 14.3 Å². The quantitative estimate of drug-likeness (QED) is 0.212. The van der Waals surface area contributed by atoms with Crippen molar-refractivity contribution in [2.75, 3.05) is 29.5 Å². The van der Waals surface area contributed by atoms with Crippen molar-refractivity contribution in [2.45, 2.75) is 13.3 Å². The highest BCUT2D eigenvalue weighted by atomic mass is 16.5. The van der Waals surface area contributed by atoms with Gasteiger partial charge >= 0.3 is 0 Å². The summed E-state index contributed by atoms with van der Waals surface area (Å²) in [5, 5.41) is 0. The third kappa shape index (κ3) is 6.78. The van der Waals surface area contributed by atoms with Gasteiger partial charge in [0.25, 0.3) is 0 Å². The van der Waals surface area contributed by atoms with Crippen molar-refractivity contribution in [2.24, 2.45) is 4.99 Å². The Morgan fingerprint density at radius 2 is 1.76 bits per heavy atom. The van der Waals surface area contributed by atoms with Crippen LogP contribution in [0.25, 0.3) is 0 Å². The van der Waals surface area contributed by atoms with E-state index < -0.39 is 0 Å². The Morgan fingerprint density at radius 1 is 0.978 bits per heavy atom. The van der Waals surface area contributed by atoms with Crippen molar-refractivity contribution in [1.82, 2.24) is 4.98 Å². The Kier molecular flexibility index (Phi) is 8.97. The number of ether oxygens (including phenoxy) is 2. The molecular weight excluding hydrogens is 560 g/mol. The lowest BCUT2D eigenvalue weighted by molar-refractivity contribution is 0.106. The van der Waals surface area contributed by atoms with E-state index in [1.54, 1.807) is 25.4 Å². The van der Waals surface area contributed by atoms with E-state index in [2.05, 4.69) is 44.6 Å². The number of carbonyl (C=O) groups excluding carboxylic acids is 1. The van der Waals surface area contributed by atoms with E-state index in [0.717, 1.165) is 45.6 Å². The number of ketones is 1. The van der Waals surface area contributed by atoms with Crippen LogP contribution in [0.4, 0.5) is 17.1 Å². The van der Waals surface area contributed by atoms with E-state index in [1.165, 1.54) is 0 Å². The minimum absolute atomic E-state index is 0.238. The van der Waals surface area contributed by atoms with Gasteiger partial charge in [-0.15, -0.1) is 0 Å². The molecule has 0 amide bonds. The lowest BCUT2D eigenvalue weighted by atomic mass is 10.1. The van der Waals surface area contributed by atoms with Crippen LogP contribution < -0.4 is 19.3 Å². The summed E-state index contributed by atoms with van der Waals surface area (Å²) in [5.74, 6) is 2.22. The lowest BCUT2D eigenvalue weighted by Crippen LogP contribution is -2.28. The van der Waals surface area contributed by atoms with Gasteiger partial charge in [0, 0.05) is 37.6 Å². The standard InChI is InChI=1S/C38H34N4O3/c1-28-14-5-4-12-24-41(32-16-8-10-18-35(32)44-27-28)30-21-23-40-31(26-30)38(43)29(2)39-22-13-25-42-33-15-6-3-7-19-36(33)45-37-20-11-9-17-34(37)42/h3-18,20-23,26H,1,19,24-25,27H2,2H3/b12-4-,14-5-,22-13-,39-29+. The molecule has 0 radical (unpaired) electrons. The van der Waals surface area contributed by atoms with Gasteiger partial charge in [-0.05, 0) is 61.0 Å². The number of anilines is 3. The second-order valence-electron chi connectivity index (χ2n) is 10.6. The highest BCUT2D eigenvalue weighted by molar-refractivity contribution is 6.44. The monoisotopic (exact) mass is 594 g/mol. The molecule has 2 aromatic carbocycles. The number of fused-ring (bicyclic) bond motifs is 2. The second kappa shape index (κ2) is 13.7. The predicted octanol–water partition coefficient (Wildman–Crippen LogP) is 8.06. The summed E-state index contributed by atoms with van der Waals surface area (Å²) in [7, 11) is 0. The highest BCUT2D eigenvalue weighted by Gasteiger charge is 2.24. The summed E-state index contributed by atoms with van der Waals surface area (Å²) in [6.07, 6.45) is 22.1. The first-order chi connectivity index (χ1) is 22.1. The zero-order valence-corrected chi connectivity index (χ0v) is 25.2. The molecule has 7 heteroatoms. The normalized spacial score (nSPS) is 17.8. The van der Waals surface area contributed by atoms with Gasteiger partial charge < -0.3 is 19.3 Å². The van der Waals surface area contributed by atoms with Crippen LogP contribution in [0, 0.1) is 0 Å². The number of allylic oxidation sites excluding steroid dienone is 6. The highest BCUT2D eigenvalue weighted by Crippen LogP contribution is 2.39.